The van der Waals surface area contributed by atoms with Crippen LogP contribution in [0.2, 0.25) is 0 Å². The summed E-state index contributed by atoms with van der Waals surface area (Å²) in [6.45, 7) is 18.6. The predicted octanol–water partition coefficient (Wildman–Crippen LogP) is 6.51. The zero-order valence-corrected chi connectivity index (χ0v) is 41.8. The lowest BCUT2D eigenvalue weighted by molar-refractivity contribution is -0.135. The lowest BCUT2D eigenvalue weighted by Gasteiger charge is -2.36. The first kappa shape index (κ1) is 61.7. The van der Waals surface area contributed by atoms with Crippen molar-refractivity contribution >= 4 is 36.2 Å². The molecule has 0 radical (unpaired) electrons. The van der Waals surface area contributed by atoms with Crippen molar-refractivity contribution in [3.05, 3.63) is 65.7 Å². The molecule has 1 fully saturated rings. The van der Waals surface area contributed by atoms with Gasteiger partial charge < -0.3 is 60.4 Å². The van der Waals surface area contributed by atoms with Crippen molar-refractivity contribution < 1.29 is 43.3 Å². The Kier molecular flexibility index (Phi) is 33.7. The Morgan fingerprint density at radius 1 is 0.922 bits per heavy atom. The lowest BCUT2D eigenvalue weighted by Crippen LogP contribution is -2.49. The molecule has 3 amide bonds. The predicted molar refractivity (Wildman–Crippen MR) is 257 cm³/mol. The van der Waals surface area contributed by atoms with Gasteiger partial charge in [0, 0.05) is 53.4 Å². The van der Waals surface area contributed by atoms with E-state index in [1.54, 1.807) is 57.5 Å². The summed E-state index contributed by atoms with van der Waals surface area (Å²) in [5.41, 5.74) is 12.4. The van der Waals surface area contributed by atoms with Crippen LogP contribution in [0.3, 0.4) is 0 Å². The van der Waals surface area contributed by atoms with Gasteiger partial charge in [-0.2, -0.15) is 0 Å². The molecular formula is C49H86N6O9. The van der Waals surface area contributed by atoms with Gasteiger partial charge in [0.05, 0.1) is 42.4 Å². The Balaban J connectivity index is 0. The molecule has 2 aromatic rings. The van der Waals surface area contributed by atoms with E-state index in [0.717, 1.165) is 49.5 Å². The minimum Gasteiger partial charge on any atom is -0.445 e. The molecule has 15 nitrogen and oxygen atoms in total. The quantitative estimate of drug-likeness (QED) is 0.0880. The van der Waals surface area contributed by atoms with Crippen molar-refractivity contribution in [2.24, 2.45) is 23.5 Å². The maximum Gasteiger partial charge on any atom is 0.410 e. The molecule has 0 aliphatic carbocycles. The van der Waals surface area contributed by atoms with E-state index in [4.69, 9.17) is 19.9 Å². The summed E-state index contributed by atoms with van der Waals surface area (Å²) in [5.74, 6) is -0.000716. The third kappa shape index (κ3) is 22.0. The first-order valence-electron chi connectivity index (χ1n) is 22.5. The molecule has 1 aliphatic rings. The molecule has 64 heavy (non-hydrogen) atoms. The van der Waals surface area contributed by atoms with Gasteiger partial charge in [-0.3, -0.25) is 9.59 Å². The van der Waals surface area contributed by atoms with E-state index in [1.165, 1.54) is 25.3 Å². The smallest absolute Gasteiger partial charge is 0.410 e. The summed E-state index contributed by atoms with van der Waals surface area (Å²) in [5, 5.41) is 13.4. The van der Waals surface area contributed by atoms with Gasteiger partial charge in [-0.1, -0.05) is 104 Å². The van der Waals surface area contributed by atoms with E-state index in [-0.39, 0.29) is 60.6 Å². The van der Waals surface area contributed by atoms with E-state index < -0.39 is 18.2 Å². The summed E-state index contributed by atoms with van der Waals surface area (Å²) >= 11 is 0. The van der Waals surface area contributed by atoms with Gasteiger partial charge in [0.1, 0.15) is 19.2 Å². The number of nitrogens with one attached hydrogen (secondary N) is 1. The first-order chi connectivity index (χ1) is 30.3. The number of aliphatic hydroxyl groups excluding tert-OH is 1. The number of carbonyl (C=O) groups excluding carboxylic acids is 5. The van der Waals surface area contributed by atoms with Gasteiger partial charge in [0.2, 0.25) is 11.8 Å². The Bertz CT molecular complexity index is 1550. The third-order valence-corrected chi connectivity index (χ3v) is 11.2. The number of hydrogen-bond donors (Lipinski definition) is 4. The zero-order valence-electron chi connectivity index (χ0n) is 41.8. The summed E-state index contributed by atoms with van der Waals surface area (Å²) in [6, 6.07) is 15.9. The normalized spacial score (nSPS) is 16.8. The van der Waals surface area contributed by atoms with Gasteiger partial charge in [-0.15, -0.1) is 0 Å². The van der Waals surface area contributed by atoms with Crippen LogP contribution < -0.4 is 16.8 Å². The number of methoxy groups -OCH3 is 2. The molecular weight excluding hydrogens is 817 g/mol. The van der Waals surface area contributed by atoms with E-state index in [2.05, 4.69) is 50.7 Å². The van der Waals surface area contributed by atoms with E-state index in [0.29, 0.717) is 18.0 Å². The first-order valence-corrected chi connectivity index (χ1v) is 22.5. The topological polar surface area (TPSA) is 207 Å². The van der Waals surface area contributed by atoms with Gasteiger partial charge in [0.25, 0.3) is 0 Å². The van der Waals surface area contributed by atoms with Crippen molar-refractivity contribution in [3.8, 4) is 0 Å². The number of hydrogen-bond acceptors (Lipinski definition) is 12. The van der Waals surface area contributed by atoms with Crippen LogP contribution in [-0.2, 0) is 40.0 Å². The highest BCUT2D eigenvalue weighted by Gasteiger charge is 2.37. The molecule has 9 atom stereocenters. The average molecular weight is 903 g/mol. The van der Waals surface area contributed by atoms with Crippen LogP contribution in [0.1, 0.15) is 112 Å². The second kappa shape index (κ2) is 34.9. The van der Waals surface area contributed by atoms with Crippen molar-refractivity contribution in [2.75, 3.05) is 54.7 Å². The fraction of sp³-hybridized carbons (Fsp3) is 0.653. The summed E-state index contributed by atoms with van der Waals surface area (Å²) in [7, 11) is 10.1. The molecule has 0 aromatic heterocycles. The highest BCUT2D eigenvalue weighted by atomic mass is 16.6. The Hall–Kier alpha value is -4.41. The Labute approximate surface area is 385 Å². The van der Waals surface area contributed by atoms with Gasteiger partial charge in [0.15, 0.2) is 0 Å². The molecule has 366 valence electrons. The highest BCUT2D eigenvalue weighted by Crippen LogP contribution is 2.26. The van der Waals surface area contributed by atoms with Crippen LogP contribution >= 0.6 is 0 Å². The highest BCUT2D eigenvalue weighted by molar-refractivity contribution is 5.79. The number of nitrogens with two attached hydrogens (primary N) is 2. The fourth-order valence-corrected chi connectivity index (χ4v) is 7.17. The van der Waals surface area contributed by atoms with E-state index >= 15 is 0 Å². The lowest BCUT2D eigenvalue weighted by atomic mass is 9.91. The zero-order chi connectivity index (χ0) is 49.5. The summed E-state index contributed by atoms with van der Waals surface area (Å²) in [4.78, 5) is 62.6. The van der Waals surface area contributed by atoms with Crippen LogP contribution in [0.15, 0.2) is 54.6 Å². The average Bonchev–Trinajstić information content (AvgIpc) is 3.71. The molecule has 3 rings (SSSR count). The number of nitrogens with zero attached hydrogens (tertiary/aromatic N) is 3. The summed E-state index contributed by atoms with van der Waals surface area (Å²) in [6.07, 6.45) is 4.71. The third-order valence-electron chi connectivity index (χ3n) is 11.2. The van der Waals surface area contributed by atoms with Crippen LogP contribution in [-0.4, -0.2) is 136 Å². The number of anilines is 1. The Morgan fingerprint density at radius 2 is 1.48 bits per heavy atom. The van der Waals surface area contributed by atoms with Crippen molar-refractivity contribution in [3.63, 3.8) is 0 Å². The fourth-order valence-electron chi connectivity index (χ4n) is 7.17. The standard InChI is InChI=1S/C19H30N2O3.C14H20N2O3.C12H23NO3.C3H8.CH5N/c1-13(18(24-4)16-11-8-12-21(16)3)19(23)20-14(2)17(22)15-9-6-5-7-10-15;1-10(2)13(8-17)16(3)14(18)19-9-11-4-6-12(15)7-5-11;1-6-9(2)12(13(4)10(3)15)11(16-5)7-8-14;1-3-2;1-2/h5-7,9-10,13-14,16-18,22H,8,11-12H2,1-4H3,(H,20,23);4-8,10,13H,9,15H2,1-3H3;8-9,11-12H,6-7H2,1-5H3;3H2,1-2H3;2H2,1H3/t13-,14-,16+,17-,18-;;9-,11+,12-;;/m0.1../s1. The molecule has 1 heterocycles. The minimum absolute atomic E-state index is 0.00162. The van der Waals surface area contributed by atoms with Crippen molar-refractivity contribution in [1.29, 1.82) is 0 Å². The Morgan fingerprint density at radius 3 is 1.91 bits per heavy atom. The largest absolute Gasteiger partial charge is 0.445 e. The number of amides is 3. The van der Waals surface area contributed by atoms with Crippen molar-refractivity contribution in [2.45, 2.75) is 144 Å². The molecule has 0 bridgehead atoms. The number of benzene rings is 2. The molecule has 1 unspecified atom stereocenters. The van der Waals surface area contributed by atoms with E-state index in [1.807, 2.05) is 58.0 Å². The monoisotopic (exact) mass is 903 g/mol. The van der Waals surface area contributed by atoms with Gasteiger partial charge in [-0.05, 0) is 75.5 Å². The molecule has 1 saturated heterocycles. The number of aliphatic hydroxyl groups is 1. The number of rotatable bonds is 19. The molecule has 0 spiro atoms. The molecule has 2 aromatic carbocycles. The number of nitrogen functional groups attached to an aromatic ring is 1. The number of likely N-dealkylation sites (tertiary alicyclic amines) is 1. The van der Waals surface area contributed by atoms with Gasteiger partial charge in [-0.25, -0.2) is 4.79 Å². The number of likely N-dealkylation sites (N-methyl/N-ethyl adjacent to an activating group) is 3. The van der Waals surface area contributed by atoms with Crippen LogP contribution in [0.5, 0.6) is 0 Å². The second-order valence-electron chi connectivity index (χ2n) is 16.5. The van der Waals surface area contributed by atoms with Crippen molar-refractivity contribution in [1.82, 2.24) is 20.0 Å². The maximum absolute atomic E-state index is 12.6. The number of aldehydes is 2. The number of carbonyl (C=O) groups is 5. The van der Waals surface area contributed by atoms with Crippen LogP contribution in [0.25, 0.3) is 0 Å². The van der Waals surface area contributed by atoms with Gasteiger partial charge >= 0.3 is 6.09 Å². The van der Waals surface area contributed by atoms with Crippen LogP contribution in [0, 0.1) is 17.8 Å². The SMILES string of the molecule is CC(C)C(C=O)N(C)C(=O)OCc1ccc(N)cc1.CCC.CC[C@@H](C)[C@H]([C@H](CC=O)OC)N(C)C(C)=O.CN.CO[C@@H]([C@H](C)C(=O)N[C@@H](C)[C@H](O)c1ccccc1)[C@H]1CCCN1C. The molecule has 6 N–H and O–H groups in total. The molecule has 15 heteroatoms. The number of ether oxygens (including phenoxy) is 3. The maximum atomic E-state index is 12.6. The second-order valence-corrected chi connectivity index (χ2v) is 16.5. The summed E-state index contributed by atoms with van der Waals surface area (Å²) < 4.78 is 16.1. The molecule has 1 aliphatic heterocycles. The van der Waals surface area contributed by atoms with E-state index in [9.17, 15) is 29.1 Å². The minimum atomic E-state index is -0.725. The van der Waals surface area contributed by atoms with Crippen LogP contribution in [0.4, 0.5) is 10.5 Å². The molecule has 0 saturated carbocycles.